The number of hydrogen-bond donors (Lipinski definition) is 2. The van der Waals surface area contributed by atoms with Gasteiger partial charge in [-0.15, -0.1) is 0 Å². The van der Waals surface area contributed by atoms with E-state index in [1.165, 1.54) is 25.7 Å². The summed E-state index contributed by atoms with van der Waals surface area (Å²) in [6, 6.07) is 3.76. The van der Waals surface area contributed by atoms with Crippen LogP contribution in [0.3, 0.4) is 0 Å². The summed E-state index contributed by atoms with van der Waals surface area (Å²) < 4.78 is 0. The van der Waals surface area contributed by atoms with E-state index < -0.39 is 0 Å². The van der Waals surface area contributed by atoms with E-state index >= 15 is 0 Å². The molecule has 102 valence electrons. The van der Waals surface area contributed by atoms with Crippen LogP contribution in [0.15, 0.2) is 18.3 Å². The molecule has 1 amide bonds. The van der Waals surface area contributed by atoms with Crippen molar-refractivity contribution in [3.8, 4) is 0 Å². The number of amides is 1. The van der Waals surface area contributed by atoms with Gasteiger partial charge in [0, 0.05) is 25.5 Å². The van der Waals surface area contributed by atoms with Crippen LogP contribution in [0, 0.1) is 17.8 Å². The van der Waals surface area contributed by atoms with Crippen LogP contribution < -0.4 is 10.6 Å². The van der Waals surface area contributed by atoms with E-state index in [1.54, 1.807) is 13.2 Å². The monoisotopic (exact) mass is 259 g/mol. The predicted molar refractivity (Wildman–Crippen MR) is 75.1 cm³/mol. The van der Waals surface area contributed by atoms with Gasteiger partial charge >= 0.3 is 0 Å². The zero-order valence-electron chi connectivity index (χ0n) is 11.4. The highest BCUT2D eigenvalue weighted by Gasteiger charge is 2.40. The number of carbonyl (C=O) groups is 1. The predicted octanol–water partition coefficient (Wildman–Crippen LogP) is 2.29. The van der Waals surface area contributed by atoms with E-state index in [2.05, 4.69) is 15.6 Å². The summed E-state index contributed by atoms with van der Waals surface area (Å²) in [7, 11) is 1.63. The van der Waals surface area contributed by atoms with Gasteiger partial charge in [0.05, 0.1) is 0 Å². The number of carbonyl (C=O) groups excluding carboxylic acids is 1. The Balaban J connectivity index is 1.61. The van der Waals surface area contributed by atoms with Gasteiger partial charge in [0.15, 0.2) is 0 Å². The molecule has 2 aliphatic rings. The van der Waals surface area contributed by atoms with Crippen LogP contribution >= 0.6 is 0 Å². The molecule has 1 aromatic rings. The fraction of sp³-hybridized carbons (Fsp3) is 0.600. The number of anilines is 1. The molecule has 0 unspecified atom stereocenters. The minimum Gasteiger partial charge on any atom is -0.385 e. The van der Waals surface area contributed by atoms with Crippen molar-refractivity contribution in [2.24, 2.45) is 17.8 Å². The van der Waals surface area contributed by atoms with E-state index in [1.807, 2.05) is 12.1 Å². The maximum absolute atomic E-state index is 11.5. The molecule has 2 fully saturated rings. The second kappa shape index (κ2) is 5.19. The van der Waals surface area contributed by atoms with Crippen molar-refractivity contribution in [2.45, 2.75) is 25.7 Å². The van der Waals surface area contributed by atoms with Crippen LogP contribution in [0.1, 0.15) is 36.2 Å². The van der Waals surface area contributed by atoms with Crippen LogP contribution in [0.5, 0.6) is 0 Å². The molecule has 1 aromatic heterocycles. The van der Waals surface area contributed by atoms with E-state index in [-0.39, 0.29) is 5.91 Å². The minimum absolute atomic E-state index is 0.135. The summed E-state index contributed by atoms with van der Waals surface area (Å²) in [5.74, 6) is 2.58. The third-order valence-corrected chi connectivity index (χ3v) is 4.22. The van der Waals surface area contributed by atoms with Gasteiger partial charge < -0.3 is 10.6 Å². The molecular weight excluding hydrogens is 238 g/mol. The first-order valence-corrected chi connectivity index (χ1v) is 7.20. The van der Waals surface area contributed by atoms with Crippen LogP contribution in [-0.2, 0) is 0 Å². The Morgan fingerprint density at radius 1 is 1.37 bits per heavy atom. The van der Waals surface area contributed by atoms with Gasteiger partial charge in [0.2, 0.25) is 0 Å². The Morgan fingerprint density at radius 2 is 2.05 bits per heavy atom. The molecule has 2 saturated carbocycles. The maximum Gasteiger partial charge on any atom is 0.269 e. The minimum atomic E-state index is -0.135. The molecule has 2 aliphatic carbocycles. The zero-order chi connectivity index (χ0) is 13.2. The van der Waals surface area contributed by atoms with Crippen molar-refractivity contribution in [1.29, 1.82) is 0 Å². The Kier molecular flexibility index (Phi) is 3.40. The molecule has 4 nitrogen and oxygen atoms in total. The zero-order valence-corrected chi connectivity index (χ0v) is 11.4. The first kappa shape index (κ1) is 12.5. The molecule has 0 spiro atoms. The average molecular weight is 259 g/mol. The van der Waals surface area contributed by atoms with Crippen LogP contribution in [0.4, 0.5) is 5.69 Å². The van der Waals surface area contributed by atoms with Gasteiger partial charge in [-0.2, -0.15) is 0 Å². The van der Waals surface area contributed by atoms with Crippen molar-refractivity contribution < 1.29 is 4.79 Å². The molecule has 0 radical (unpaired) electrons. The highest BCUT2D eigenvalue weighted by Crippen LogP contribution is 2.49. The summed E-state index contributed by atoms with van der Waals surface area (Å²) in [6.07, 6.45) is 7.31. The Hall–Kier alpha value is -1.58. The second-order valence-electron chi connectivity index (χ2n) is 5.73. The SMILES string of the molecule is CNC(=O)c1cc(NCC(C2CC2)C2CC2)ccn1. The summed E-state index contributed by atoms with van der Waals surface area (Å²) in [5, 5.41) is 6.09. The molecule has 0 bridgehead atoms. The molecule has 3 rings (SSSR count). The molecule has 0 atom stereocenters. The lowest BCUT2D eigenvalue weighted by Crippen LogP contribution is -2.20. The molecule has 2 N–H and O–H groups in total. The smallest absolute Gasteiger partial charge is 0.269 e. The fourth-order valence-electron chi connectivity index (χ4n) is 2.80. The molecule has 1 heterocycles. The van der Waals surface area contributed by atoms with Crippen LogP contribution in [0.2, 0.25) is 0 Å². The highest BCUT2D eigenvalue weighted by atomic mass is 16.1. The van der Waals surface area contributed by atoms with Crippen molar-refractivity contribution >= 4 is 11.6 Å². The number of pyridine rings is 1. The van der Waals surface area contributed by atoms with E-state index in [0.717, 1.165) is 30.0 Å². The van der Waals surface area contributed by atoms with E-state index in [4.69, 9.17) is 0 Å². The van der Waals surface area contributed by atoms with Gasteiger partial charge in [-0.05, 0) is 55.6 Å². The largest absolute Gasteiger partial charge is 0.385 e. The lowest BCUT2D eigenvalue weighted by Gasteiger charge is -2.17. The normalized spacial score (nSPS) is 18.4. The van der Waals surface area contributed by atoms with Crippen molar-refractivity contribution in [1.82, 2.24) is 10.3 Å². The molecule has 0 aliphatic heterocycles. The average Bonchev–Trinajstić information content (AvgIpc) is 3.30. The molecule has 0 saturated heterocycles. The number of rotatable bonds is 6. The summed E-state index contributed by atoms with van der Waals surface area (Å²) >= 11 is 0. The van der Waals surface area contributed by atoms with Gasteiger partial charge in [0.1, 0.15) is 5.69 Å². The maximum atomic E-state index is 11.5. The first-order valence-electron chi connectivity index (χ1n) is 7.20. The van der Waals surface area contributed by atoms with Crippen LogP contribution in [-0.4, -0.2) is 24.5 Å². The molecule has 4 heteroatoms. The third kappa shape index (κ3) is 3.06. The van der Waals surface area contributed by atoms with Gasteiger partial charge in [-0.3, -0.25) is 9.78 Å². The number of nitrogens with zero attached hydrogens (tertiary/aromatic N) is 1. The second-order valence-corrected chi connectivity index (χ2v) is 5.73. The summed E-state index contributed by atoms with van der Waals surface area (Å²) in [6.45, 7) is 1.03. The first-order chi connectivity index (χ1) is 9.28. The molecule has 0 aromatic carbocycles. The van der Waals surface area contributed by atoms with Crippen molar-refractivity contribution in [3.63, 3.8) is 0 Å². The number of hydrogen-bond acceptors (Lipinski definition) is 3. The number of aromatic nitrogens is 1. The quantitative estimate of drug-likeness (QED) is 0.824. The van der Waals surface area contributed by atoms with Crippen molar-refractivity contribution in [2.75, 3.05) is 18.9 Å². The van der Waals surface area contributed by atoms with Crippen molar-refractivity contribution in [3.05, 3.63) is 24.0 Å². The molecule has 19 heavy (non-hydrogen) atoms. The topological polar surface area (TPSA) is 54.0 Å². The molecular formula is C15H21N3O. The Bertz CT molecular complexity index is 454. The third-order valence-electron chi connectivity index (χ3n) is 4.22. The van der Waals surface area contributed by atoms with Gasteiger partial charge in [0.25, 0.3) is 5.91 Å². The van der Waals surface area contributed by atoms with E-state index in [0.29, 0.717) is 5.69 Å². The number of nitrogens with one attached hydrogen (secondary N) is 2. The summed E-state index contributed by atoms with van der Waals surface area (Å²) in [4.78, 5) is 15.6. The Morgan fingerprint density at radius 3 is 2.63 bits per heavy atom. The Labute approximate surface area is 114 Å². The standard InChI is InChI=1S/C15H21N3O/c1-16-15(19)14-8-12(6-7-17-14)18-9-13(10-2-3-10)11-4-5-11/h6-8,10-11,13H,2-5,9H2,1H3,(H,16,19)(H,17,18). The van der Waals surface area contributed by atoms with Crippen LogP contribution in [0.25, 0.3) is 0 Å². The van der Waals surface area contributed by atoms with Gasteiger partial charge in [-0.1, -0.05) is 0 Å². The lowest BCUT2D eigenvalue weighted by atomic mass is 9.98. The van der Waals surface area contributed by atoms with E-state index in [9.17, 15) is 4.79 Å². The lowest BCUT2D eigenvalue weighted by molar-refractivity contribution is 0.0958. The van der Waals surface area contributed by atoms with Gasteiger partial charge in [-0.25, -0.2) is 0 Å². The highest BCUT2D eigenvalue weighted by molar-refractivity contribution is 5.92. The summed E-state index contributed by atoms with van der Waals surface area (Å²) in [5.41, 5.74) is 1.47. The fourth-order valence-corrected chi connectivity index (χ4v) is 2.80.